The molecule has 0 amide bonds. The molecule has 0 heterocycles. The molecule has 1 N–H and O–H groups in total. The molecule has 0 unspecified atom stereocenters. The Labute approximate surface area is 122 Å². The van der Waals surface area contributed by atoms with Crippen LogP contribution in [-0.2, 0) is 4.79 Å². The van der Waals surface area contributed by atoms with Crippen molar-refractivity contribution in [1.29, 1.82) is 5.26 Å². The lowest BCUT2D eigenvalue weighted by Gasteiger charge is -2.14. The SMILES string of the molecule is C[C@H](CC(=O)O)Oc1c(I)cc(C#N)cc1[N+](=O)[O-]. The van der Waals surface area contributed by atoms with Gasteiger partial charge in [-0.05, 0) is 35.6 Å². The first-order valence-electron chi connectivity index (χ1n) is 5.11. The molecule has 1 rings (SSSR count). The second-order valence-electron chi connectivity index (χ2n) is 3.70. The summed E-state index contributed by atoms with van der Waals surface area (Å²) in [7, 11) is 0. The summed E-state index contributed by atoms with van der Waals surface area (Å²) in [6.45, 7) is 1.51. The molecule has 1 aromatic carbocycles. The Hall–Kier alpha value is -1.89. The fourth-order valence-corrected chi connectivity index (χ4v) is 2.12. The number of carboxylic acids is 1. The fourth-order valence-electron chi connectivity index (χ4n) is 1.38. The number of nitro groups is 1. The molecule has 0 aliphatic carbocycles. The molecule has 0 bridgehead atoms. The van der Waals surface area contributed by atoms with E-state index in [0.717, 1.165) is 6.07 Å². The van der Waals surface area contributed by atoms with Gasteiger partial charge in [0.25, 0.3) is 0 Å². The van der Waals surface area contributed by atoms with Crippen molar-refractivity contribution in [2.24, 2.45) is 0 Å². The monoisotopic (exact) mass is 376 g/mol. The molecule has 7 nitrogen and oxygen atoms in total. The number of nitriles is 1. The van der Waals surface area contributed by atoms with Crippen LogP contribution in [0.5, 0.6) is 5.75 Å². The predicted octanol–water partition coefficient (Wildman–Crippen LogP) is 2.31. The fraction of sp³-hybridized carbons (Fsp3) is 0.273. The van der Waals surface area contributed by atoms with Crippen molar-refractivity contribution in [3.63, 3.8) is 0 Å². The normalized spacial score (nSPS) is 11.4. The van der Waals surface area contributed by atoms with E-state index in [9.17, 15) is 14.9 Å². The standard InChI is InChI=1S/C11H9IN2O5/c1-6(2-10(15)16)19-11-8(12)3-7(5-13)4-9(11)14(17)18/h3-4,6H,2H2,1H3,(H,15,16)/t6-/m1/s1. The van der Waals surface area contributed by atoms with Gasteiger partial charge in [-0.3, -0.25) is 14.9 Å². The molecule has 1 atom stereocenters. The van der Waals surface area contributed by atoms with Crippen molar-refractivity contribution in [2.45, 2.75) is 19.4 Å². The van der Waals surface area contributed by atoms with Crippen molar-refractivity contribution in [2.75, 3.05) is 0 Å². The quantitative estimate of drug-likeness (QED) is 0.479. The predicted molar refractivity (Wildman–Crippen MR) is 72.9 cm³/mol. The molecule has 0 saturated heterocycles. The van der Waals surface area contributed by atoms with Crippen LogP contribution in [0.3, 0.4) is 0 Å². The van der Waals surface area contributed by atoms with Crippen LogP contribution >= 0.6 is 22.6 Å². The summed E-state index contributed by atoms with van der Waals surface area (Å²) in [5.74, 6) is -1.07. The highest BCUT2D eigenvalue weighted by molar-refractivity contribution is 14.1. The van der Waals surface area contributed by atoms with E-state index in [1.54, 1.807) is 0 Å². The Morgan fingerprint density at radius 1 is 1.68 bits per heavy atom. The summed E-state index contributed by atoms with van der Waals surface area (Å²) >= 11 is 1.81. The van der Waals surface area contributed by atoms with Crippen LogP contribution in [0.15, 0.2) is 12.1 Å². The van der Waals surface area contributed by atoms with E-state index < -0.39 is 17.0 Å². The maximum absolute atomic E-state index is 10.9. The van der Waals surface area contributed by atoms with E-state index in [4.69, 9.17) is 15.1 Å². The minimum Gasteiger partial charge on any atom is -0.482 e. The minimum atomic E-state index is -1.06. The lowest BCUT2D eigenvalue weighted by Crippen LogP contribution is -2.18. The first kappa shape index (κ1) is 15.2. The zero-order valence-electron chi connectivity index (χ0n) is 9.79. The summed E-state index contributed by atoms with van der Waals surface area (Å²) in [5, 5.41) is 28.3. The van der Waals surface area contributed by atoms with Crippen molar-refractivity contribution in [3.05, 3.63) is 31.4 Å². The van der Waals surface area contributed by atoms with Gasteiger partial charge in [0.1, 0.15) is 6.10 Å². The average Bonchev–Trinajstić information content (AvgIpc) is 2.29. The maximum atomic E-state index is 10.9. The Bertz CT molecular complexity index is 567. The molecule has 0 saturated carbocycles. The third-order valence-electron chi connectivity index (χ3n) is 2.13. The van der Waals surface area contributed by atoms with Gasteiger partial charge >= 0.3 is 11.7 Å². The van der Waals surface area contributed by atoms with Gasteiger partial charge in [-0.1, -0.05) is 0 Å². The van der Waals surface area contributed by atoms with E-state index in [1.807, 2.05) is 28.7 Å². The summed E-state index contributed by atoms with van der Waals surface area (Å²) < 4.78 is 5.70. The van der Waals surface area contributed by atoms with E-state index in [2.05, 4.69) is 0 Å². The number of benzene rings is 1. The van der Waals surface area contributed by atoms with E-state index in [-0.39, 0.29) is 23.4 Å². The van der Waals surface area contributed by atoms with Crippen molar-refractivity contribution in [1.82, 2.24) is 0 Å². The van der Waals surface area contributed by atoms with Gasteiger partial charge in [-0.2, -0.15) is 5.26 Å². The van der Waals surface area contributed by atoms with Gasteiger partial charge in [0, 0.05) is 6.07 Å². The van der Waals surface area contributed by atoms with E-state index in [1.165, 1.54) is 13.0 Å². The Kier molecular flexibility index (Phi) is 5.05. The number of carbonyl (C=O) groups is 1. The number of ether oxygens (including phenoxy) is 1. The number of rotatable bonds is 5. The summed E-state index contributed by atoms with van der Waals surface area (Å²) in [5.41, 5.74) is -0.199. The van der Waals surface area contributed by atoms with Crippen LogP contribution in [-0.4, -0.2) is 22.1 Å². The topological polar surface area (TPSA) is 113 Å². The number of nitrogens with zero attached hydrogens (tertiary/aromatic N) is 2. The van der Waals surface area contributed by atoms with Crippen molar-refractivity contribution >= 4 is 34.2 Å². The largest absolute Gasteiger partial charge is 0.482 e. The summed E-state index contributed by atoms with van der Waals surface area (Å²) in [4.78, 5) is 20.8. The Morgan fingerprint density at radius 2 is 2.32 bits per heavy atom. The van der Waals surface area contributed by atoms with Crippen molar-refractivity contribution in [3.8, 4) is 11.8 Å². The lowest BCUT2D eigenvalue weighted by atomic mass is 10.2. The number of hydrogen-bond acceptors (Lipinski definition) is 5. The van der Waals surface area contributed by atoms with Gasteiger partial charge in [-0.25, -0.2) is 0 Å². The molecule has 0 radical (unpaired) electrons. The summed E-state index contributed by atoms with van der Waals surface area (Å²) in [6, 6.07) is 4.36. The molecular weight excluding hydrogens is 367 g/mol. The molecule has 1 aromatic rings. The molecular formula is C11H9IN2O5. The number of nitro benzene ring substituents is 1. The van der Waals surface area contributed by atoms with Gasteiger partial charge in [0.2, 0.25) is 5.75 Å². The maximum Gasteiger partial charge on any atom is 0.313 e. The molecule has 100 valence electrons. The molecule has 0 aromatic heterocycles. The van der Waals surface area contributed by atoms with Gasteiger partial charge in [0.05, 0.1) is 26.5 Å². The highest BCUT2D eigenvalue weighted by atomic mass is 127. The second kappa shape index (κ2) is 6.33. The molecule has 0 aliphatic rings. The van der Waals surface area contributed by atoms with Crippen LogP contribution in [0.2, 0.25) is 0 Å². The number of aliphatic carboxylic acids is 1. The minimum absolute atomic E-state index is 0.0154. The van der Waals surface area contributed by atoms with E-state index >= 15 is 0 Å². The zero-order valence-corrected chi connectivity index (χ0v) is 11.9. The molecule has 19 heavy (non-hydrogen) atoms. The van der Waals surface area contributed by atoms with Crippen LogP contribution in [0.4, 0.5) is 5.69 Å². The summed E-state index contributed by atoms with van der Waals surface area (Å²) in [6.07, 6.45) is -0.981. The van der Waals surface area contributed by atoms with Gasteiger partial charge in [-0.15, -0.1) is 0 Å². The number of hydrogen-bond donors (Lipinski definition) is 1. The van der Waals surface area contributed by atoms with Gasteiger partial charge < -0.3 is 9.84 Å². The van der Waals surface area contributed by atoms with Crippen LogP contribution in [0.25, 0.3) is 0 Å². The number of carboxylic acid groups (broad SMARTS) is 1. The third kappa shape index (κ3) is 4.06. The smallest absolute Gasteiger partial charge is 0.313 e. The first-order valence-corrected chi connectivity index (χ1v) is 6.19. The first-order chi connectivity index (χ1) is 8.85. The second-order valence-corrected chi connectivity index (χ2v) is 4.86. The van der Waals surface area contributed by atoms with Crippen LogP contribution < -0.4 is 4.74 Å². The molecule has 0 spiro atoms. The van der Waals surface area contributed by atoms with Crippen LogP contribution in [0, 0.1) is 25.0 Å². The lowest BCUT2D eigenvalue weighted by molar-refractivity contribution is -0.386. The highest BCUT2D eigenvalue weighted by Gasteiger charge is 2.23. The van der Waals surface area contributed by atoms with E-state index in [0.29, 0.717) is 3.57 Å². The van der Waals surface area contributed by atoms with Crippen molar-refractivity contribution < 1.29 is 19.6 Å². The Balaban J connectivity index is 3.16. The number of halogens is 1. The Morgan fingerprint density at radius 3 is 2.79 bits per heavy atom. The zero-order chi connectivity index (χ0) is 14.6. The third-order valence-corrected chi connectivity index (χ3v) is 2.93. The molecule has 0 fully saturated rings. The average molecular weight is 376 g/mol. The highest BCUT2D eigenvalue weighted by Crippen LogP contribution is 2.34. The molecule has 0 aliphatic heterocycles. The molecule has 8 heteroatoms. The van der Waals surface area contributed by atoms with Crippen LogP contribution in [0.1, 0.15) is 18.9 Å². The van der Waals surface area contributed by atoms with Gasteiger partial charge in [0.15, 0.2) is 0 Å².